The first kappa shape index (κ1) is 27.4. The van der Waals surface area contributed by atoms with Gasteiger partial charge in [-0.25, -0.2) is 14.2 Å². The third kappa shape index (κ3) is 6.43. The molecule has 1 saturated heterocycles. The number of nitrogens with zero attached hydrogens (tertiary/aromatic N) is 2. The summed E-state index contributed by atoms with van der Waals surface area (Å²) in [6.07, 6.45) is 1.77. The summed E-state index contributed by atoms with van der Waals surface area (Å²) in [5.41, 5.74) is 2.25. The van der Waals surface area contributed by atoms with Crippen molar-refractivity contribution in [1.82, 2.24) is 4.90 Å². The molecule has 0 unspecified atom stereocenters. The highest BCUT2D eigenvalue weighted by Gasteiger charge is 2.32. The van der Waals surface area contributed by atoms with Crippen LogP contribution in [-0.2, 0) is 11.4 Å². The van der Waals surface area contributed by atoms with Crippen molar-refractivity contribution in [2.45, 2.75) is 20.5 Å². The second kappa shape index (κ2) is 12.3. The lowest BCUT2D eigenvalue weighted by molar-refractivity contribution is -0.122. The standard InChI is InChI=1S/C28H24BrFN2O5S/c1-3-32-26(33)24(38-28(32)31-21-11-7-19(8-12-21)27(34)35)15-18-13-22(29)25(23(14-18)36-4-2)37-16-17-5-9-20(30)10-6-17/h5-15H,3-4,16H2,1-2H3,(H,34,35)/b24-15-,31-28?. The number of carbonyl (C=O) groups excluding carboxylic acids is 1. The first-order valence-corrected chi connectivity index (χ1v) is 13.4. The van der Waals surface area contributed by atoms with E-state index in [-0.39, 0.29) is 23.9 Å². The van der Waals surface area contributed by atoms with Crippen LogP contribution >= 0.6 is 27.7 Å². The fourth-order valence-corrected chi connectivity index (χ4v) is 5.26. The van der Waals surface area contributed by atoms with Gasteiger partial charge in [-0.1, -0.05) is 12.1 Å². The Hall–Kier alpha value is -3.63. The second-order valence-electron chi connectivity index (χ2n) is 8.08. The van der Waals surface area contributed by atoms with E-state index in [1.54, 1.807) is 41.3 Å². The minimum atomic E-state index is -1.01. The lowest BCUT2D eigenvalue weighted by Gasteiger charge is -2.15. The number of carboxylic acid groups (broad SMARTS) is 1. The van der Waals surface area contributed by atoms with Crippen LogP contribution in [0.4, 0.5) is 10.1 Å². The number of amidine groups is 1. The smallest absolute Gasteiger partial charge is 0.335 e. The summed E-state index contributed by atoms with van der Waals surface area (Å²) >= 11 is 4.80. The molecular weight excluding hydrogens is 575 g/mol. The Balaban J connectivity index is 1.59. The molecule has 10 heteroatoms. The molecule has 4 rings (SSSR count). The van der Waals surface area contributed by atoms with Gasteiger partial charge in [0.05, 0.1) is 27.2 Å². The summed E-state index contributed by atoms with van der Waals surface area (Å²) in [7, 11) is 0. The molecule has 1 heterocycles. The zero-order valence-electron chi connectivity index (χ0n) is 20.6. The van der Waals surface area contributed by atoms with Crippen molar-refractivity contribution in [3.05, 3.63) is 92.5 Å². The number of thioether (sulfide) groups is 1. The maximum absolute atomic E-state index is 13.2. The number of aliphatic imine (C=N–C) groups is 1. The monoisotopic (exact) mass is 598 g/mol. The third-order valence-corrected chi connectivity index (χ3v) is 7.06. The van der Waals surface area contributed by atoms with Gasteiger partial charge in [-0.2, -0.15) is 0 Å². The Morgan fingerprint density at radius 3 is 2.45 bits per heavy atom. The zero-order valence-corrected chi connectivity index (χ0v) is 23.0. The molecule has 0 spiro atoms. The van der Waals surface area contributed by atoms with E-state index in [1.807, 2.05) is 19.9 Å². The fourth-order valence-electron chi connectivity index (χ4n) is 3.62. The summed E-state index contributed by atoms with van der Waals surface area (Å²) in [6, 6.07) is 15.9. The van der Waals surface area contributed by atoms with E-state index in [9.17, 15) is 14.0 Å². The predicted molar refractivity (Wildman–Crippen MR) is 149 cm³/mol. The van der Waals surface area contributed by atoms with Gasteiger partial charge in [0.15, 0.2) is 16.7 Å². The van der Waals surface area contributed by atoms with Crippen molar-refractivity contribution in [3.8, 4) is 11.5 Å². The zero-order chi connectivity index (χ0) is 27.2. The maximum Gasteiger partial charge on any atom is 0.335 e. The molecule has 1 fully saturated rings. The van der Waals surface area contributed by atoms with Gasteiger partial charge in [-0.05, 0) is 107 Å². The molecule has 1 aliphatic rings. The Bertz CT molecular complexity index is 1410. The molecule has 3 aromatic rings. The van der Waals surface area contributed by atoms with Crippen molar-refractivity contribution in [3.63, 3.8) is 0 Å². The number of hydrogen-bond acceptors (Lipinski definition) is 6. The molecule has 38 heavy (non-hydrogen) atoms. The van der Waals surface area contributed by atoms with E-state index in [0.29, 0.717) is 44.9 Å². The Morgan fingerprint density at radius 1 is 1.11 bits per heavy atom. The van der Waals surface area contributed by atoms with Gasteiger partial charge in [0.25, 0.3) is 5.91 Å². The summed E-state index contributed by atoms with van der Waals surface area (Å²) in [5.74, 6) is -0.492. The maximum atomic E-state index is 13.2. The SMILES string of the molecule is CCOc1cc(/C=C2\SC(=Nc3ccc(C(=O)O)cc3)N(CC)C2=O)cc(Br)c1OCc1ccc(F)cc1. The Kier molecular flexibility index (Phi) is 8.85. The van der Waals surface area contributed by atoms with Crippen LogP contribution in [0.15, 0.2) is 75.0 Å². The van der Waals surface area contributed by atoms with Gasteiger partial charge in [-0.15, -0.1) is 0 Å². The lowest BCUT2D eigenvalue weighted by Crippen LogP contribution is -2.28. The van der Waals surface area contributed by atoms with Gasteiger partial charge in [-0.3, -0.25) is 9.69 Å². The first-order valence-electron chi connectivity index (χ1n) is 11.8. The molecule has 0 atom stereocenters. The number of hydrogen-bond donors (Lipinski definition) is 1. The molecule has 0 saturated carbocycles. The van der Waals surface area contributed by atoms with Crippen LogP contribution in [0.5, 0.6) is 11.5 Å². The number of carboxylic acids is 1. The summed E-state index contributed by atoms with van der Waals surface area (Å²) in [5, 5.41) is 9.61. The second-order valence-corrected chi connectivity index (χ2v) is 9.95. The number of amides is 1. The van der Waals surface area contributed by atoms with Gasteiger partial charge in [0, 0.05) is 6.54 Å². The van der Waals surface area contributed by atoms with Crippen molar-refractivity contribution >= 4 is 56.5 Å². The Labute approximate surface area is 232 Å². The summed E-state index contributed by atoms with van der Waals surface area (Å²) in [6.45, 7) is 4.80. The number of likely N-dealkylation sites (N-methyl/N-ethyl adjacent to an activating group) is 1. The van der Waals surface area contributed by atoms with Crippen molar-refractivity contribution in [2.75, 3.05) is 13.2 Å². The molecular formula is C28H24BrFN2O5S. The fraction of sp³-hybridized carbons (Fsp3) is 0.179. The van der Waals surface area contributed by atoms with Gasteiger partial charge in [0.1, 0.15) is 12.4 Å². The number of rotatable bonds is 9. The van der Waals surface area contributed by atoms with E-state index < -0.39 is 5.97 Å². The number of carbonyl (C=O) groups is 2. The highest BCUT2D eigenvalue weighted by Crippen LogP contribution is 2.40. The number of aromatic carboxylic acids is 1. The Morgan fingerprint density at radius 2 is 1.82 bits per heavy atom. The third-order valence-electron chi connectivity index (χ3n) is 5.47. The molecule has 1 aliphatic heterocycles. The van der Waals surface area contributed by atoms with E-state index in [0.717, 1.165) is 11.1 Å². The molecule has 1 amide bonds. The highest BCUT2D eigenvalue weighted by molar-refractivity contribution is 9.10. The van der Waals surface area contributed by atoms with Crippen LogP contribution in [0.25, 0.3) is 6.08 Å². The molecule has 3 aromatic carbocycles. The average Bonchev–Trinajstić information content (AvgIpc) is 3.18. The van der Waals surface area contributed by atoms with Crippen molar-refractivity contribution in [2.24, 2.45) is 4.99 Å². The number of halogens is 2. The molecule has 196 valence electrons. The van der Waals surface area contributed by atoms with E-state index in [4.69, 9.17) is 14.6 Å². The molecule has 0 aromatic heterocycles. The van der Waals surface area contributed by atoms with Gasteiger partial charge >= 0.3 is 5.97 Å². The largest absolute Gasteiger partial charge is 0.490 e. The van der Waals surface area contributed by atoms with E-state index >= 15 is 0 Å². The molecule has 1 N–H and O–H groups in total. The molecule has 7 nitrogen and oxygen atoms in total. The van der Waals surface area contributed by atoms with E-state index in [1.165, 1.54) is 36.0 Å². The van der Waals surface area contributed by atoms with Crippen LogP contribution in [0.1, 0.15) is 35.3 Å². The van der Waals surface area contributed by atoms with Crippen LogP contribution in [0, 0.1) is 5.82 Å². The minimum Gasteiger partial charge on any atom is -0.490 e. The normalized spacial score (nSPS) is 15.4. The number of ether oxygens (including phenoxy) is 2. The first-order chi connectivity index (χ1) is 18.3. The quantitative estimate of drug-likeness (QED) is 0.270. The number of benzene rings is 3. The van der Waals surface area contributed by atoms with Crippen LogP contribution < -0.4 is 9.47 Å². The highest BCUT2D eigenvalue weighted by atomic mass is 79.9. The van der Waals surface area contributed by atoms with Crippen LogP contribution in [-0.4, -0.2) is 40.2 Å². The topological polar surface area (TPSA) is 88.4 Å². The summed E-state index contributed by atoms with van der Waals surface area (Å²) < 4.78 is 25.7. The van der Waals surface area contributed by atoms with E-state index in [2.05, 4.69) is 20.9 Å². The molecule has 0 radical (unpaired) electrons. The predicted octanol–water partition coefficient (Wildman–Crippen LogP) is 6.89. The lowest BCUT2D eigenvalue weighted by atomic mass is 10.1. The van der Waals surface area contributed by atoms with Crippen LogP contribution in [0.2, 0.25) is 0 Å². The van der Waals surface area contributed by atoms with Crippen molar-refractivity contribution in [1.29, 1.82) is 0 Å². The summed E-state index contributed by atoms with van der Waals surface area (Å²) in [4.78, 5) is 30.8. The van der Waals surface area contributed by atoms with Gasteiger partial charge in [0.2, 0.25) is 0 Å². The molecule has 0 bridgehead atoms. The minimum absolute atomic E-state index is 0.165. The van der Waals surface area contributed by atoms with Gasteiger partial charge < -0.3 is 14.6 Å². The molecule has 0 aliphatic carbocycles. The van der Waals surface area contributed by atoms with Crippen molar-refractivity contribution < 1.29 is 28.6 Å². The van der Waals surface area contributed by atoms with Crippen LogP contribution in [0.3, 0.4) is 0 Å². The average molecular weight is 599 g/mol.